The quantitative estimate of drug-likeness (QED) is 0.931. The molecule has 1 N–H and O–H groups in total. The molecule has 102 valence electrons. The van der Waals surface area contributed by atoms with Crippen LogP contribution in [0.3, 0.4) is 0 Å². The van der Waals surface area contributed by atoms with E-state index in [2.05, 4.69) is 10.4 Å². The summed E-state index contributed by atoms with van der Waals surface area (Å²) in [5.74, 6) is -0.355. The van der Waals surface area contributed by atoms with Crippen LogP contribution in [-0.4, -0.2) is 9.78 Å². The first-order chi connectivity index (χ1) is 9.00. The van der Waals surface area contributed by atoms with Gasteiger partial charge in [-0.1, -0.05) is 23.7 Å². The number of hydrogen-bond acceptors (Lipinski definition) is 2. The van der Waals surface area contributed by atoms with Crippen LogP contribution in [0.4, 0.5) is 4.39 Å². The fraction of sp³-hybridized carbons (Fsp3) is 0.357. The van der Waals surface area contributed by atoms with Gasteiger partial charge in [-0.3, -0.25) is 4.68 Å². The van der Waals surface area contributed by atoms with Crippen molar-refractivity contribution in [3.05, 3.63) is 52.1 Å². The normalized spacial score (nSPS) is 12.7. The zero-order valence-electron chi connectivity index (χ0n) is 11.2. The van der Waals surface area contributed by atoms with Crippen LogP contribution in [0.2, 0.25) is 5.02 Å². The summed E-state index contributed by atoms with van der Waals surface area (Å²) in [4.78, 5) is 0. The topological polar surface area (TPSA) is 29.9 Å². The Morgan fingerprint density at radius 2 is 2.21 bits per heavy atom. The molecule has 0 aliphatic heterocycles. The molecule has 2 aromatic rings. The van der Waals surface area contributed by atoms with Gasteiger partial charge < -0.3 is 5.32 Å². The predicted molar refractivity (Wildman–Crippen MR) is 74.6 cm³/mol. The molecule has 0 amide bonds. The predicted octanol–water partition coefficient (Wildman–Crippen LogP) is 3.37. The van der Waals surface area contributed by atoms with Crippen LogP contribution in [-0.2, 0) is 13.6 Å². The number of rotatable bonds is 4. The number of aryl methyl sites for hydroxylation is 1. The summed E-state index contributed by atoms with van der Waals surface area (Å²) in [6.45, 7) is 4.48. The first-order valence-electron chi connectivity index (χ1n) is 6.15. The molecular formula is C14H17ClFN3. The zero-order valence-corrected chi connectivity index (χ0v) is 12.0. The second-order valence-electron chi connectivity index (χ2n) is 4.62. The molecule has 0 aliphatic carbocycles. The fourth-order valence-electron chi connectivity index (χ4n) is 2.00. The minimum atomic E-state index is -0.355. The number of halogens is 2. The van der Waals surface area contributed by atoms with Gasteiger partial charge in [0.1, 0.15) is 5.82 Å². The van der Waals surface area contributed by atoms with Gasteiger partial charge >= 0.3 is 0 Å². The highest BCUT2D eigenvalue weighted by molar-refractivity contribution is 6.30. The van der Waals surface area contributed by atoms with Crippen molar-refractivity contribution in [2.45, 2.75) is 26.4 Å². The Kier molecular flexibility index (Phi) is 4.22. The second-order valence-corrected chi connectivity index (χ2v) is 5.03. The monoisotopic (exact) mass is 281 g/mol. The van der Waals surface area contributed by atoms with E-state index >= 15 is 0 Å². The van der Waals surface area contributed by atoms with E-state index in [0.717, 1.165) is 11.3 Å². The van der Waals surface area contributed by atoms with Crippen molar-refractivity contribution in [2.24, 2.45) is 7.05 Å². The van der Waals surface area contributed by atoms with Gasteiger partial charge in [0.05, 0.1) is 11.2 Å². The molecule has 1 unspecified atom stereocenters. The molecule has 1 aromatic heterocycles. The molecule has 3 nitrogen and oxygen atoms in total. The Morgan fingerprint density at radius 1 is 1.47 bits per heavy atom. The van der Waals surface area contributed by atoms with Gasteiger partial charge in [0.2, 0.25) is 0 Å². The molecule has 0 radical (unpaired) electrons. The Morgan fingerprint density at radius 3 is 2.84 bits per heavy atom. The molecule has 1 aromatic carbocycles. The lowest BCUT2D eigenvalue weighted by Crippen LogP contribution is -2.19. The third kappa shape index (κ3) is 2.96. The Bertz CT molecular complexity index is 580. The van der Waals surface area contributed by atoms with E-state index in [1.54, 1.807) is 18.2 Å². The van der Waals surface area contributed by atoms with Gasteiger partial charge in [0.25, 0.3) is 0 Å². The highest BCUT2D eigenvalue weighted by atomic mass is 35.5. The molecule has 1 heterocycles. The van der Waals surface area contributed by atoms with E-state index in [-0.39, 0.29) is 16.9 Å². The maximum Gasteiger partial charge on any atom is 0.146 e. The van der Waals surface area contributed by atoms with Crippen LogP contribution < -0.4 is 5.32 Å². The van der Waals surface area contributed by atoms with Gasteiger partial charge in [-0.2, -0.15) is 5.10 Å². The average Bonchev–Trinajstić information content (AvgIpc) is 2.72. The number of nitrogens with zero attached hydrogens (tertiary/aromatic N) is 2. The lowest BCUT2D eigenvalue weighted by atomic mass is 10.1. The molecule has 19 heavy (non-hydrogen) atoms. The van der Waals surface area contributed by atoms with Gasteiger partial charge in [0.15, 0.2) is 0 Å². The summed E-state index contributed by atoms with van der Waals surface area (Å²) in [6, 6.07) is 5.14. The standard InChI is InChI=1S/C14H17ClFN3/c1-9(12-8-18-19(3)10(12)2)17-7-11-5-4-6-13(15)14(11)16/h4-6,8-9,17H,7H2,1-3H3. The number of nitrogens with one attached hydrogen (secondary N) is 1. The van der Waals surface area contributed by atoms with Gasteiger partial charge in [-0.05, 0) is 19.9 Å². The summed E-state index contributed by atoms with van der Waals surface area (Å²) < 4.78 is 15.6. The molecule has 1 atom stereocenters. The maximum atomic E-state index is 13.7. The van der Waals surface area contributed by atoms with Crippen LogP contribution in [0.25, 0.3) is 0 Å². The van der Waals surface area contributed by atoms with E-state index in [1.165, 1.54) is 0 Å². The Balaban J connectivity index is 2.06. The van der Waals surface area contributed by atoms with Gasteiger partial charge in [-0.25, -0.2) is 4.39 Å². The van der Waals surface area contributed by atoms with Crippen molar-refractivity contribution in [1.29, 1.82) is 0 Å². The molecule has 0 spiro atoms. The van der Waals surface area contributed by atoms with E-state index in [1.807, 2.05) is 31.8 Å². The molecule has 2 rings (SSSR count). The van der Waals surface area contributed by atoms with Crippen molar-refractivity contribution >= 4 is 11.6 Å². The first-order valence-corrected chi connectivity index (χ1v) is 6.53. The Labute approximate surface area is 117 Å². The summed E-state index contributed by atoms with van der Waals surface area (Å²) in [5, 5.41) is 7.65. The van der Waals surface area contributed by atoms with E-state index < -0.39 is 0 Å². The molecule has 5 heteroatoms. The second kappa shape index (κ2) is 5.72. The summed E-state index contributed by atoms with van der Waals surface area (Å²) in [7, 11) is 1.90. The SMILES string of the molecule is Cc1c(C(C)NCc2cccc(Cl)c2F)cnn1C. The van der Waals surface area contributed by atoms with Gasteiger partial charge in [-0.15, -0.1) is 0 Å². The lowest BCUT2D eigenvalue weighted by molar-refractivity contribution is 0.542. The third-order valence-corrected chi connectivity index (χ3v) is 3.66. The average molecular weight is 282 g/mol. The fourth-order valence-corrected chi connectivity index (χ4v) is 2.19. The summed E-state index contributed by atoms with van der Waals surface area (Å²) in [6.07, 6.45) is 1.83. The van der Waals surface area contributed by atoms with Crippen LogP contribution >= 0.6 is 11.6 Å². The van der Waals surface area contributed by atoms with E-state index in [0.29, 0.717) is 12.1 Å². The van der Waals surface area contributed by atoms with Crippen molar-refractivity contribution < 1.29 is 4.39 Å². The van der Waals surface area contributed by atoms with Crippen LogP contribution in [0.15, 0.2) is 24.4 Å². The lowest BCUT2D eigenvalue weighted by Gasteiger charge is -2.14. The number of benzene rings is 1. The minimum Gasteiger partial charge on any atom is -0.306 e. The van der Waals surface area contributed by atoms with E-state index in [4.69, 9.17) is 11.6 Å². The first kappa shape index (κ1) is 14.0. The zero-order chi connectivity index (χ0) is 14.0. The maximum absolute atomic E-state index is 13.7. The summed E-state index contributed by atoms with van der Waals surface area (Å²) >= 11 is 5.76. The van der Waals surface area contributed by atoms with Crippen LogP contribution in [0.5, 0.6) is 0 Å². The molecule has 0 aliphatic rings. The summed E-state index contributed by atoms with van der Waals surface area (Å²) in [5.41, 5.74) is 2.79. The van der Waals surface area contributed by atoms with Gasteiger partial charge in [0, 0.05) is 36.5 Å². The molecule has 0 fully saturated rings. The Hall–Kier alpha value is -1.39. The third-order valence-electron chi connectivity index (χ3n) is 3.37. The number of aromatic nitrogens is 2. The highest BCUT2D eigenvalue weighted by Crippen LogP contribution is 2.20. The van der Waals surface area contributed by atoms with E-state index in [9.17, 15) is 4.39 Å². The minimum absolute atomic E-state index is 0.104. The van der Waals surface area contributed by atoms with Crippen LogP contribution in [0, 0.1) is 12.7 Å². The largest absolute Gasteiger partial charge is 0.306 e. The highest BCUT2D eigenvalue weighted by Gasteiger charge is 2.13. The van der Waals surface area contributed by atoms with Crippen LogP contribution in [0.1, 0.15) is 29.8 Å². The molecule has 0 bridgehead atoms. The number of hydrogen-bond donors (Lipinski definition) is 1. The van der Waals surface area contributed by atoms with Crippen molar-refractivity contribution in [3.8, 4) is 0 Å². The van der Waals surface area contributed by atoms with Crippen molar-refractivity contribution in [3.63, 3.8) is 0 Å². The smallest absolute Gasteiger partial charge is 0.146 e. The van der Waals surface area contributed by atoms with Crippen molar-refractivity contribution in [2.75, 3.05) is 0 Å². The molecular weight excluding hydrogens is 265 g/mol. The molecule has 0 saturated heterocycles. The molecule has 0 saturated carbocycles. The van der Waals surface area contributed by atoms with Crippen molar-refractivity contribution in [1.82, 2.24) is 15.1 Å².